The average Bonchev–Trinajstić information content (AvgIpc) is 2.31. The average molecular weight is 285 g/mol. The SMILES string of the molecule is CC1CN(C(=O)Cc2ccc(N)cc2)CC(C)O1.Cl. The van der Waals surface area contributed by atoms with Crippen LogP contribution in [0.5, 0.6) is 0 Å². The Balaban J connectivity index is 0.00000180. The number of carbonyl (C=O) groups is 1. The molecule has 2 atom stereocenters. The molecule has 4 nitrogen and oxygen atoms in total. The van der Waals surface area contributed by atoms with Gasteiger partial charge in [0.25, 0.3) is 0 Å². The minimum atomic E-state index is 0. The number of nitrogens with two attached hydrogens (primary N) is 1. The van der Waals surface area contributed by atoms with Crippen molar-refractivity contribution < 1.29 is 9.53 Å². The van der Waals surface area contributed by atoms with Crippen molar-refractivity contribution in [3.63, 3.8) is 0 Å². The Hall–Kier alpha value is -1.26. The molecule has 0 radical (unpaired) electrons. The summed E-state index contributed by atoms with van der Waals surface area (Å²) in [5, 5.41) is 0. The molecule has 0 aliphatic carbocycles. The molecule has 19 heavy (non-hydrogen) atoms. The second-order valence-electron chi connectivity index (χ2n) is 4.97. The standard InChI is InChI=1S/C14H20N2O2.ClH/c1-10-8-16(9-11(2)18-10)14(17)7-12-3-5-13(15)6-4-12;/h3-6,10-11H,7-9,15H2,1-2H3;1H. The lowest BCUT2D eigenvalue weighted by atomic mass is 10.1. The third kappa shape index (κ3) is 4.40. The van der Waals surface area contributed by atoms with Crippen molar-refractivity contribution in [1.82, 2.24) is 4.90 Å². The Bertz CT molecular complexity index is 412. The first-order chi connectivity index (χ1) is 8.54. The molecule has 0 saturated carbocycles. The molecule has 1 aromatic rings. The lowest BCUT2D eigenvalue weighted by Gasteiger charge is -2.35. The summed E-state index contributed by atoms with van der Waals surface area (Å²) in [6.45, 7) is 5.36. The molecule has 1 aliphatic rings. The van der Waals surface area contributed by atoms with Gasteiger partial charge < -0.3 is 15.4 Å². The van der Waals surface area contributed by atoms with Gasteiger partial charge in [0.05, 0.1) is 18.6 Å². The number of ether oxygens (including phenoxy) is 1. The highest BCUT2D eigenvalue weighted by Crippen LogP contribution is 2.13. The van der Waals surface area contributed by atoms with Crippen LogP contribution in [0.25, 0.3) is 0 Å². The van der Waals surface area contributed by atoms with Gasteiger partial charge in [-0.15, -0.1) is 12.4 Å². The van der Waals surface area contributed by atoms with Gasteiger partial charge >= 0.3 is 0 Å². The summed E-state index contributed by atoms with van der Waals surface area (Å²) in [7, 11) is 0. The molecule has 0 bridgehead atoms. The van der Waals surface area contributed by atoms with E-state index in [1.165, 1.54) is 0 Å². The minimum absolute atomic E-state index is 0. The van der Waals surface area contributed by atoms with Crippen LogP contribution in [0.2, 0.25) is 0 Å². The van der Waals surface area contributed by atoms with Crippen molar-refractivity contribution in [1.29, 1.82) is 0 Å². The van der Waals surface area contributed by atoms with Crippen molar-refractivity contribution in [3.8, 4) is 0 Å². The van der Waals surface area contributed by atoms with E-state index in [-0.39, 0.29) is 30.5 Å². The van der Waals surface area contributed by atoms with Crippen LogP contribution in [0, 0.1) is 0 Å². The predicted molar refractivity (Wildman–Crippen MR) is 78.4 cm³/mol. The van der Waals surface area contributed by atoms with Crippen LogP contribution >= 0.6 is 12.4 Å². The minimum Gasteiger partial charge on any atom is -0.399 e. The largest absolute Gasteiger partial charge is 0.399 e. The number of benzene rings is 1. The topological polar surface area (TPSA) is 55.6 Å². The quantitative estimate of drug-likeness (QED) is 0.844. The van der Waals surface area contributed by atoms with Crippen molar-refractivity contribution in [2.75, 3.05) is 18.8 Å². The van der Waals surface area contributed by atoms with Gasteiger partial charge in [-0.05, 0) is 31.5 Å². The van der Waals surface area contributed by atoms with Gasteiger partial charge in [0.15, 0.2) is 0 Å². The van der Waals surface area contributed by atoms with E-state index >= 15 is 0 Å². The van der Waals surface area contributed by atoms with Crippen molar-refractivity contribution >= 4 is 24.0 Å². The number of amides is 1. The molecule has 2 unspecified atom stereocenters. The van der Waals surface area contributed by atoms with E-state index in [9.17, 15) is 4.79 Å². The van der Waals surface area contributed by atoms with Crippen LogP contribution in [-0.2, 0) is 16.0 Å². The van der Waals surface area contributed by atoms with Crippen LogP contribution in [0.3, 0.4) is 0 Å². The number of carbonyl (C=O) groups excluding carboxylic acids is 1. The second kappa shape index (κ2) is 6.78. The van der Waals surface area contributed by atoms with Crippen LogP contribution in [0.1, 0.15) is 19.4 Å². The zero-order valence-corrected chi connectivity index (χ0v) is 12.2. The third-order valence-electron chi connectivity index (χ3n) is 3.11. The Labute approximate surface area is 120 Å². The van der Waals surface area contributed by atoms with Gasteiger partial charge in [0.1, 0.15) is 0 Å². The first-order valence-corrected chi connectivity index (χ1v) is 6.32. The highest BCUT2D eigenvalue weighted by Gasteiger charge is 2.25. The van der Waals surface area contributed by atoms with Crippen molar-refractivity contribution in [3.05, 3.63) is 29.8 Å². The predicted octanol–water partition coefficient (Wildman–Crippen LogP) is 1.87. The summed E-state index contributed by atoms with van der Waals surface area (Å²) in [6, 6.07) is 7.46. The van der Waals surface area contributed by atoms with Crippen LogP contribution in [0.4, 0.5) is 5.69 Å². The van der Waals surface area contributed by atoms with Crippen LogP contribution in [0.15, 0.2) is 24.3 Å². The highest BCUT2D eigenvalue weighted by molar-refractivity contribution is 5.85. The first kappa shape index (κ1) is 15.8. The second-order valence-corrected chi connectivity index (χ2v) is 4.97. The molecule has 1 saturated heterocycles. The summed E-state index contributed by atoms with van der Waals surface area (Å²) < 4.78 is 5.62. The fraction of sp³-hybridized carbons (Fsp3) is 0.500. The number of hydrogen-bond donors (Lipinski definition) is 1. The molecular weight excluding hydrogens is 264 g/mol. The number of halogens is 1. The molecule has 1 heterocycles. The van der Waals surface area contributed by atoms with Gasteiger partial charge in [-0.2, -0.15) is 0 Å². The lowest BCUT2D eigenvalue weighted by Crippen LogP contribution is -2.48. The number of nitrogen functional groups attached to an aromatic ring is 1. The Kier molecular flexibility index (Phi) is 5.63. The fourth-order valence-electron chi connectivity index (χ4n) is 2.30. The first-order valence-electron chi connectivity index (χ1n) is 6.32. The summed E-state index contributed by atoms with van der Waals surface area (Å²) in [5.74, 6) is 0.154. The molecule has 0 spiro atoms. The van der Waals surface area contributed by atoms with Crippen LogP contribution in [-0.4, -0.2) is 36.1 Å². The van der Waals surface area contributed by atoms with E-state index in [1.54, 1.807) is 0 Å². The van der Waals surface area contributed by atoms with Gasteiger partial charge in [-0.3, -0.25) is 4.79 Å². The molecule has 106 valence electrons. The fourth-order valence-corrected chi connectivity index (χ4v) is 2.30. The molecule has 1 aromatic carbocycles. The molecule has 1 amide bonds. The number of rotatable bonds is 2. The summed E-state index contributed by atoms with van der Waals surface area (Å²) in [5.41, 5.74) is 7.35. The van der Waals surface area contributed by atoms with Gasteiger partial charge in [0, 0.05) is 18.8 Å². The highest BCUT2D eigenvalue weighted by atomic mass is 35.5. The number of nitrogens with zero attached hydrogens (tertiary/aromatic N) is 1. The number of hydrogen-bond acceptors (Lipinski definition) is 3. The molecule has 2 N–H and O–H groups in total. The van der Waals surface area contributed by atoms with E-state index in [1.807, 2.05) is 43.0 Å². The Morgan fingerprint density at radius 2 is 1.79 bits per heavy atom. The lowest BCUT2D eigenvalue weighted by molar-refractivity contribution is -0.142. The zero-order valence-electron chi connectivity index (χ0n) is 11.3. The van der Waals surface area contributed by atoms with Gasteiger partial charge in [-0.25, -0.2) is 0 Å². The smallest absolute Gasteiger partial charge is 0.227 e. The molecule has 1 aliphatic heterocycles. The zero-order chi connectivity index (χ0) is 13.1. The normalized spacial score (nSPS) is 22.7. The molecule has 0 aromatic heterocycles. The molecule has 2 rings (SSSR count). The number of anilines is 1. The van der Waals surface area contributed by atoms with E-state index in [2.05, 4.69) is 0 Å². The summed E-state index contributed by atoms with van der Waals surface area (Å²) >= 11 is 0. The summed E-state index contributed by atoms with van der Waals surface area (Å²) in [6.07, 6.45) is 0.660. The Morgan fingerprint density at radius 1 is 1.26 bits per heavy atom. The molecule has 5 heteroatoms. The maximum atomic E-state index is 12.2. The molecule has 1 fully saturated rings. The Morgan fingerprint density at radius 3 is 2.32 bits per heavy atom. The van der Waals surface area contributed by atoms with Crippen LogP contribution < -0.4 is 5.73 Å². The molecular formula is C14H21ClN2O2. The van der Waals surface area contributed by atoms with E-state index in [0.717, 1.165) is 11.3 Å². The third-order valence-corrected chi connectivity index (χ3v) is 3.11. The maximum absolute atomic E-state index is 12.2. The maximum Gasteiger partial charge on any atom is 0.227 e. The van der Waals surface area contributed by atoms with Crippen molar-refractivity contribution in [2.45, 2.75) is 32.5 Å². The number of morpholine rings is 1. The van der Waals surface area contributed by atoms with E-state index < -0.39 is 0 Å². The van der Waals surface area contributed by atoms with Gasteiger partial charge in [0.2, 0.25) is 5.91 Å². The van der Waals surface area contributed by atoms with Gasteiger partial charge in [-0.1, -0.05) is 12.1 Å². The summed E-state index contributed by atoms with van der Waals surface area (Å²) in [4.78, 5) is 14.1. The van der Waals surface area contributed by atoms with E-state index in [4.69, 9.17) is 10.5 Å². The monoisotopic (exact) mass is 284 g/mol. The van der Waals surface area contributed by atoms with E-state index in [0.29, 0.717) is 19.5 Å². The van der Waals surface area contributed by atoms with Crippen molar-refractivity contribution in [2.24, 2.45) is 0 Å².